The zero-order valence-electron chi connectivity index (χ0n) is 7.87. The Hall–Kier alpha value is -1.57. The molecule has 1 aromatic rings. The Morgan fingerprint density at radius 3 is 2.54 bits per heavy atom. The van der Waals surface area contributed by atoms with Crippen LogP contribution in [0, 0.1) is 13.8 Å². The van der Waals surface area contributed by atoms with Crippen molar-refractivity contribution in [2.24, 2.45) is 5.73 Å². The summed E-state index contributed by atoms with van der Waals surface area (Å²) in [6.07, 6.45) is 3.08. The number of carbonyl (C=O) groups excluding carboxylic acids is 1. The highest BCUT2D eigenvalue weighted by molar-refractivity contribution is 5.90. The Kier molecular flexibility index (Phi) is 2.85. The number of primary amides is 1. The van der Waals surface area contributed by atoms with Gasteiger partial charge in [0.05, 0.1) is 0 Å². The Morgan fingerprint density at radius 1 is 1.31 bits per heavy atom. The van der Waals surface area contributed by atoms with Crippen molar-refractivity contribution >= 4 is 12.0 Å². The summed E-state index contributed by atoms with van der Waals surface area (Å²) in [5, 5.41) is 0. The number of amides is 1. The minimum Gasteiger partial charge on any atom is -0.366 e. The van der Waals surface area contributed by atoms with E-state index in [4.69, 9.17) is 5.73 Å². The van der Waals surface area contributed by atoms with Gasteiger partial charge in [0.2, 0.25) is 5.91 Å². The molecule has 0 atom stereocenters. The second-order valence-electron chi connectivity index (χ2n) is 3.08. The topological polar surface area (TPSA) is 43.1 Å². The van der Waals surface area contributed by atoms with E-state index in [0.29, 0.717) is 0 Å². The second-order valence-corrected chi connectivity index (χ2v) is 3.08. The monoisotopic (exact) mass is 175 g/mol. The van der Waals surface area contributed by atoms with Crippen LogP contribution in [0.1, 0.15) is 16.7 Å². The highest BCUT2D eigenvalue weighted by atomic mass is 16.1. The zero-order chi connectivity index (χ0) is 9.84. The molecular weight excluding hydrogens is 162 g/mol. The normalized spacial score (nSPS) is 10.6. The number of nitrogens with two attached hydrogens (primary N) is 1. The molecule has 2 N–H and O–H groups in total. The molecule has 2 nitrogen and oxygen atoms in total. The molecule has 13 heavy (non-hydrogen) atoms. The maximum absolute atomic E-state index is 10.5. The van der Waals surface area contributed by atoms with E-state index in [9.17, 15) is 4.79 Å². The van der Waals surface area contributed by atoms with Crippen molar-refractivity contribution in [2.75, 3.05) is 0 Å². The van der Waals surface area contributed by atoms with Crippen molar-refractivity contribution in [1.29, 1.82) is 0 Å². The Labute approximate surface area is 78.1 Å². The summed E-state index contributed by atoms with van der Waals surface area (Å²) < 4.78 is 0. The maximum Gasteiger partial charge on any atom is 0.241 e. The Bertz CT molecular complexity index is 353. The number of rotatable bonds is 2. The molecular formula is C11H13NO. The molecule has 0 aliphatic rings. The zero-order valence-corrected chi connectivity index (χ0v) is 7.87. The van der Waals surface area contributed by atoms with Crippen molar-refractivity contribution in [3.63, 3.8) is 0 Å². The number of aryl methyl sites for hydroxylation is 2. The third-order valence-electron chi connectivity index (χ3n) is 1.97. The van der Waals surface area contributed by atoms with Crippen LogP contribution in [0.2, 0.25) is 0 Å². The minimum absolute atomic E-state index is 0.418. The van der Waals surface area contributed by atoms with Crippen LogP contribution in [-0.4, -0.2) is 5.91 Å². The second kappa shape index (κ2) is 3.90. The van der Waals surface area contributed by atoms with E-state index in [1.165, 1.54) is 17.2 Å². The molecule has 1 aromatic carbocycles. The van der Waals surface area contributed by atoms with Crippen LogP contribution in [0.3, 0.4) is 0 Å². The van der Waals surface area contributed by atoms with Gasteiger partial charge >= 0.3 is 0 Å². The lowest BCUT2D eigenvalue weighted by molar-refractivity contribution is -0.113. The molecule has 0 heterocycles. The molecule has 2 heteroatoms. The molecule has 0 fully saturated rings. The lowest BCUT2D eigenvalue weighted by Crippen LogP contribution is -2.05. The van der Waals surface area contributed by atoms with E-state index in [-0.39, 0.29) is 0 Å². The van der Waals surface area contributed by atoms with Gasteiger partial charge in [-0.1, -0.05) is 18.2 Å². The van der Waals surface area contributed by atoms with E-state index in [0.717, 1.165) is 5.56 Å². The van der Waals surface area contributed by atoms with Gasteiger partial charge in [-0.15, -0.1) is 0 Å². The molecule has 0 spiro atoms. The van der Waals surface area contributed by atoms with Crippen molar-refractivity contribution < 1.29 is 4.79 Å². The van der Waals surface area contributed by atoms with Crippen molar-refractivity contribution in [3.8, 4) is 0 Å². The fourth-order valence-electron chi connectivity index (χ4n) is 1.05. The largest absolute Gasteiger partial charge is 0.366 e. The minimum atomic E-state index is -0.418. The highest BCUT2D eigenvalue weighted by Gasteiger charge is 1.92. The average molecular weight is 175 g/mol. The van der Waals surface area contributed by atoms with Crippen LogP contribution in [-0.2, 0) is 4.79 Å². The SMILES string of the molecule is Cc1ccc(/C=C/C(N)=O)cc1C. The van der Waals surface area contributed by atoms with Crippen LogP contribution in [0.25, 0.3) is 6.08 Å². The van der Waals surface area contributed by atoms with E-state index >= 15 is 0 Å². The molecule has 0 bridgehead atoms. The lowest BCUT2D eigenvalue weighted by atomic mass is 10.1. The van der Waals surface area contributed by atoms with Gasteiger partial charge in [-0.2, -0.15) is 0 Å². The van der Waals surface area contributed by atoms with Gasteiger partial charge < -0.3 is 5.73 Å². The van der Waals surface area contributed by atoms with E-state index < -0.39 is 5.91 Å². The van der Waals surface area contributed by atoms with Gasteiger partial charge in [0.1, 0.15) is 0 Å². The van der Waals surface area contributed by atoms with Gasteiger partial charge in [-0.3, -0.25) is 4.79 Å². The number of hydrogen-bond donors (Lipinski definition) is 1. The molecule has 1 rings (SSSR count). The average Bonchev–Trinajstić information content (AvgIpc) is 2.07. The van der Waals surface area contributed by atoms with Crippen molar-refractivity contribution in [2.45, 2.75) is 13.8 Å². The Morgan fingerprint density at radius 2 is 2.00 bits per heavy atom. The predicted octanol–water partition coefficient (Wildman–Crippen LogP) is 1.80. The van der Waals surface area contributed by atoms with Crippen LogP contribution in [0.5, 0.6) is 0 Å². The molecule has 0 radical (unpaired) electrons. The quantitative estimate of drug-likeness (QED) is 0.684. The fourth-order valence-corrected chi connectivity index (χ4v) is 1.05. The molecule has 0 saturated heterocycles. The summed E-state index contributed by atoms with van der Waals surface area (Å²) in [7, 11) is 0. The van der Waals surface area contributed by atoms with Gasteiger partial charge in [-0.25, -0.2) is 0 Å². The number of benzene rings is 1. The van der Waals surface area contributed by atoms with Crippen LogP contribution < -0.4 is 5.73 Å². The molecule has 0 saturated carbocycles. The molecule has 0 aliphatic heterocycles. The highest BCUT2D eigenvalue weighted by Crippen LogP contribution is 2.10. The predicted molar refractivity (Wildman–Crippen MR) is 54.1 cm³/mol. The van der Waals surface area contributed by atoms with Gasteiger partial charge in [0.15, 0.2) is 0 Å². The van der Waals surface area contributed by atoms with Crippen molar-refractivity contribution in [3.05, 3.63) is 41.0 Å². The van der Waals surface area contributed by atoms with E-state index in [2.05, 4.69) is 6.92 Å². The third kappa shape index (κ3) is 2.75. The standard InChI is InChI=1S/C11H13NO/c1-8-3-4-10(7-9(8)2)5-6-11(12)13/h3-7H,1-2H3,(H2,12,13)/b6-5+. The Balaban J connectivity index is 2.92. The first-order chi connectivity index (χ1) is 6.09. The molecule has 0 aliphatic carbocycles. The first-order valence-electron chi connectivity index (χ1n) is 4.14. The van der Waals surface area contributed by atoms with Crippen LogP contribution in [0.4, 0.5) is 0 Å². The summed E-state index contributed by atoms with van der Waals surface area (Å²) in [6, 6.07) is 6.01. The van der Waals surface area contributed by atoms with Gasteiger partial charge in [-0.05, 0) is 36.6 Å². The molecule has 68 valence electrons. The van der Waals surface area contributed by atoms with Crippen LogP contribution in [0.15, 0.2) is 24.3 Å². The van der Waals surface area contributed by atoms with Gasteiger partial charge in [0, 0.05) is 6.08 Å². The number of carbonyl (C=O) groups is 1. The summed E-state index contributed by atoms with van der Waals surface area (Å²) >= 11 is 0. The maximum atomic E-state index is 10.5. The van der Waals surface area contributed by atoms with Gasteiger partial charge in [0.25, 0.3) is 0 Å². The fraction of sp³-hybridized carbons (Fsp3) is 0.182. The number of hydrogen-bond acceptors (Lipinski definition) is 1. The first kappa shape index (κ1) is 9.52. The summed E-state index contributed by atoms with van der Waals surface area (Å²) in [5.74, 6) is -0.418. The lowest BCUT2D eigenvalue weighted by Gasteiger charge is -1.99. The molecule has 1 amide bonds. The first-order valence-corrected chi connectivity index (χ1v) is 4.14. The van der Waals surface area contributed by atoms with E-state index in [1.807, 2.05) is 25.1 Å². The third-order valence-corrected chi connectivity index (χ3v) is 1.97. The molecule has 0 aromatic heterocycles. The smallest absolute Gasteiger partial charge is 0.241 e. The van der Waals surface area contributed by atoms with Crippen molar-refractivity contribution in [1.82, 2.24) is 0 Å². The summed E-state index contributed by atoms with van der Waals surface area (Å²) in [4.78, 5) is 10.5. The summed E-state index contributed by atoms with van der Waals surface area (Å²) in [5.41, 5.74) is 8.45. The molecule has 0 unspecified atom stereocenters. The van der Waals surface area contributed by atoms with Crippen LogP contribution >= 0.6 is 0 Å². The van der Waals surface area contributed by atoms with E-state index in [1.54, 1.807) is 6.08 Å². The summed E-state index contributed by atoms with van der Waals surface area (Å²) in [6.45, 7) is 4.09.